The lowest BCUT2D eigenvalue weighted by molar-refractivity contribution is 0.519. The SMILES string of the molecule is CNCC(C)CNS(=O)(=O)c1cccc2cc(C)cnc12. The molecule has 0 aliphatic rings. The standard InChI is InChI=1S/C15H21N3O2S/c1-11-7-13-5-4-6-14(15(13)17-9-11)21(19,20)18-10-12(2)8-16-3/h4-7,9,12,16,18H,8,10H2,1-3H3. The Bertz CT molecular complexity index is 729. The topological polar surface area (TPSA) is 71.1 Å². The average Bonchev–Trinajstić information content (AvgIpc) is 2.44. The average molecular weight is 307 g/mol. The summed E-state index contributed by atoms with van der Waals surface area (Å²) < 4.78 is 27.6. The summed E-state index contributed by atoms with van der Waals surface area (Å²) in [5.74, 6) is 0.218. The monoisotopic (exact) mass is 307 g/mol. The molecular formula is C15H21N3O2S. The van der Waals surface area contributed by atoms with Gasteiger partial charge in [-0.25, -0.2) is 13.1 Å². The van der Waals surface area contributed by atoms with E-state index in [-0.39, 0.29) is 10.8 Å². The molecule has 6 heteroatoms. The number of pyridine rings is 1. The largest absolute Gasteiger partial charge is 0.319 e. The molecule has 1 atom stereocenters. The van der Waals surface area contributed by atoms with E-state index in [1.807, 2.05) is 33.0 Å². The van der Waals surface area contributed by atoms with Crippen LogP contribution in [0, 0.1) is 12.8 Å². The number of rotatable bonds is 6. The van der Waals surface area contributed by atoms with Crippen LogP contribution in [0.2, 0.25) is 0 Å². The van der Waals surface area contributed by atoms with E-state index < -0.39 is 10.0 Å². The van der Waals surface area contributed by atoms with Crippen molar-refractivity contribution in [1.29, 1.82) is 0 Å². The molecule has 1 aromatic heterocycles. The summed E-state index contributed by atoms with van der Waals surface area (Å²) in [6, 6.07) is 7.15. The van der Waals surface area contributed by atoms with Gasteiger partial charge in [0.25, 0.3) is 0 Å². The van der Waals surface area contributed by atoms with Crippen LogP contribution < -0.4 is 10.0 Å². The molecule has 1 heterocycles. The highest BCUT2D eigenvalue weighted by Gasteiger charge is 2.18. The summed E-state index contributed by atoms with van der Waals surface area (Å²) in [6.07, 6.45) is 1.69. The number of hydrogen-bond acceptors (Lipinski definition) is 4. The number of aryl methyl sites for hydroxylation is 1. The lowest BCUT2D eigenvalue weighted by atomic mass is 10.2. The van der Waals surface area contributed by atoms with Crippen LogP contribution in [-0.2, 0) is 10.0 Å². The lowest BCUT2D eigenvalue weighted by Crippen LogP contribution is -2.32. The molecule has 0 saturated heterocycles. The molecule has 0 spiro atoms. The minimum atomic E-state index is -3.55. The molecule has 21 heavy (non-hydrogen) atoms. The van der Waals surface area contributed by atoms with Gasteiger partial charge < -0.3 is 5.32 Å². The molecule has 114 valence electrons. The molecule has 5 nitrogen and oxygen atoms in total. The van der Waals surface area contributed by atoms with Crippen LogP contribution in [0.15, 0.2) is 35.4 Å². The van der Waals surface area contributed by atoms with Gasteiger partial charge in [-0.2, -0.15) is 0 Å². The molecule has 1 unspecified atom stereocenters. The number of aromatic nitrogens is 1. The molecule has 2 N–H and O–H groups in total. The summed E-state index contributed by atoms with van der Waals surface area (Å²) >= 11 is 0. The van der Waals surface area contributed by atoms with Crippen LogP contribution in [-0.4, -0.2) is 33.5 Å². The number of nitrogens with one attached hydrogen (secondary N) is 2. The molecule has 0 aliphatic carbocycles. The number of hydrogen-bond donors (Lipinski definition) is 2. The molecule has 0 bridgehead atoms. The molecule has 0 saturated carbocycles. The number of para-hydroxylation sites is 1. The smallest absolute Gasteiger partial charge is 0.242 e. The second kappa shape index (κ2) is 6.51. The van der Waals surface area contributed by atoms with Crippen molar-refractivity contribution >= 4 is 20.9 Å². The predicted molar refractivity (Wildman–Crippen MR) is 84.8 cm³/mol. The Labute approximate surface area is 125 Å². The fraction of sp³-hybridized carbons (Fsp3) is 0.400. The Morgan fingerprint density at radius 2 is 2.05 bits per heavy atom. The summed E-state index contributed by atoms with van der Waals surface area (Å²) in [4.78, 5) is 4.51. The Balaban J connectivity index is 2.32. The maximum atomic E-state index is 12.5. The summed E-state index contributed by atoms with van der Waals surface area (Å²) in [5, 5.41) is 3.87. The van der Waals surface area contributed by atoms with Crippen molar-refractivity contribution in [1.82, 2.24) is 15.0 Å². The predicted octanol–water partition coefficient (Wildman–Crippen LogP) is 1.68. The Hall–Kier alpha value is -1.50. The zero-order valence-electron chi connectivity index (χ0n) is 12.6. The van der Waals surface area contributed by atoms with E-state index >= 15 is 0 Å². The van der Waals surface area contributed by atoms with Gasteiger partial charge >= 0.3 is 0 Å². The minimum absolute atomic E-state index is 0.218. The van der Waals surface area contributed by atoms with Crippen molar-refractivity contribution in [3.63, 3.8) is 0 Å². The molecule has 2 rings (SSSR count). The Morgan fingerprint density at radius 1 is 1.29 bits per heavy atom. The van der Waals surface area contributed by atoms with Crippen LogP contribution in [0.5, 0.6) is 0 Å². The van der Waals surface area contributed by atoms with Crippen molar-refractivity contribution in [2.75, 3.05) is 20.1 Å². The first-order chi connectivity index (χ1) is 9.94. The van der Waals surface area contributed by atoms with E-state index in [2.05, 4.69) is 15.0 Å². The highest BCUT2D eigenvalue weighted by Crippen LogP contribution is 2.21. The van der Waals surface area contributed by atoms with E-state index in [1.54, 1.807) is 18.3 Å². The first kappa shape index (κ1) is 15.9. The van der Waals surface area contributed by atoms with Gasteiger partial charge in [0.2, 0.25) is 10.0 Å². The van der Waals surface area contributed by atoms with Gasteiger partial charge in [0.05, 0.1) is 5.52 Å². The second-order valence-corrected chi connectivity index (χ2v) is 7.09. The highest BCUT2D eigenvalue weighted by molar-refractivity contribution is 7.89. The number of sulfonamides is 1. The zero-order chi connectivity index (χ0) is 15.5. The van der Waals surface area contributed by atoms with Gasteiger partial charge in [-0.3, -0.25) is 4.98 Å². The van der Waals surface area contributed by atoms with Gasteiger partial charge in [0.1, 0.15) is 4.90 Å². The Morgan fingerprint density at radius 3 is 2.76 bits per heavy atom. The normalized spacial score (nSPS) is 13.5. The van der Waals surface area contributed by atoms with Gasteiger partial charge in [-0.15, -0.1) is 0 Å². The van der Waals surface area contributed by atoms with E-state index in [9.17, 15) is 8.42 Å². The Kier molecular flexibility index (Phi) is 4.92. The first-order valence-electron chi connectivity index (χ1n) is 6.93. The van der Waals surface area contributed by atoms with Gasteiger partial charge in [0.15, 0.2) is 0 Å². The van der Waals surface area contributed by atoms with Gasteiger partial charge in [0, 0.05) is 18.1 Å². The third-order valence-corrected chi connectivity index (χ3v) is 4.73. The molecule has 0 fully saturated rings. The van der Waals surface area contributed by atoms with Gasteiger partial charge in [-0.05, 0) is 44.1 Å². The number of benzene rings is 1. The molecule has 2 aromatic rings. The van der Waals surface area contributed by atoms with Crippen molar-refractivity contribution in [2.24, 2.45) is 5.92 Å². The highest BCUT2D eigenvalue weighted by atomic mass is 32.2. The van der Waals surface area contributed by atoms with Crippen LogP contribution >= 0.6 is 0 Å². The summed E-state index contributed by atoms with van der Waals surface area (Å²) in [6.45, 7) is 5.08. The van der Waals surface area contributed by atoms with E-state index in [0.29, 0.717) is 12.1 Å². The van der Waals surface area contributed by atoms with E-state index in [4.69, 9.17) is 0 Å². The van der Waals surface area contributed by atoms with E-state index in [1.165, 1.54) is 0 Å². The minimum Gasteiger partial charge on any atom is -0.319 e. The lowest BCUT2D eigenvalue weighted by Gasteiger charge is -2.13. The quantitative estimate of drug-likeness (QED) is 0.852. The van der Waals surface area contributed by atoms with Crippen molar-refractivity contribution in [3.8, 4) is 0 Å². The fourth-order valence-corrected chi connectivity index (χ4v) is 3.55. The molecule has 1 aromatic carbocycles. The number of fused-ring (bicyclic) bond motifs is 1. The van der Waals surface area contributed by atoms with Crippen molar-refractivity contribution in [3.05, 3.63) is 36.0 Å². The van der Waals surface area contributed by atoms with Crippen molar-refractivity contribution < 1.29 is 8.42 Å². The third kappa shape index (κ3) is 3.78. The van der Waals surface area contributed by atoms with Crippen LogP contribution in [0.1, 0.15) is 12.5 Å². The fourth-order valence-electron chi connectivity index (χ4n) is 2.21. The van der Waals surface area contributed by atoms with Crippen LogP contribution in [0.3, 0.4) is 0 Å². The number of nitrogens with zero attached hydrogens (tertiary/aromatic N) is 1. The zero-order valence-corrected chi connectivity index (χ0v) is 13.4. The van der Waals surface area contributed by atoms with Crippen LogP contribution in [0.25, 0.3) is 10.9 Å². The van der Waals surface area contributed by atoms with Crippen LogP contribution in [0.4, 0.5) is 0 Å². The maximum absolute atomic E-state index is 12.5. The molecule has 0 amide bonds. The van der Waals surface area contributed by atoms with Crippen molar-refractivity contribution in [2.45, 2.75) is 18.7 Å². The maximum Gasteiger partial charge on any atom is 0.242 e. The van der Waals surface area contributed by atoms with E-state index in [0.717, 1.165) is 17.5 Å². The second-order valence-electron chi connectivity index (χ2n) is 5.36. The molecular weight excluding hydrogens is 286 g/mol. The summed E-state index contributed by atoms with van der Waals surface area (Å²) in [5.41, 5.74) is 1.52. The molecule has 0 radical (unpaired) electrons. The third-order valence-electron chi connectivity index (χ3n) is 3.27. The van der Waals surface area contributed by atoms with Gasteiger partial charge in [-0.1, -0.05) is 19.1 Å². The molecule has 0 aliphatic heterocycles. The summed E-state index contributed by atoms with van der Waals surface area (Å²) in [7, 11) is -1.70. The first-order valence-corrected chi connectivity index (χ1v) is 8.42.